The highest BCUT2D eigenvalue weighted by atomic mass is 32.2. The van der Waals surface area contributed by atoms with Gasteiger partial charge in [0.1, 0.15) is 32.7 Å². The van der Waals surface area contributed by atoms with Crippen LogP contribution in [0.25, 0.3) is 5.76 Å². The van der Waals surface area contributed by atoms with E-state index in [1.54, 1.807) is 24.1 Å². The second kappa shape index (κ2) is 8.40. The average molecular weight is 533 g/mol. The van der Waals surface area contributed by atoms with Gasteiger partial charge in [0.15, 0.2) is 11.4 Å². The van der Waals surface area contributed by atoms with Gasteiger partial charge >= 0.3 is 0 Å². The number of nitrogens with zero attached hydrogens (tertiary/aromatic N) is 1. The molecule has 11 nitrogen and oxygen atoms in total. The number of sulfone groups is 1. The molecule has 6 N–H and O–H groups in total. The van der Waals surface area contributed by atoms with Gasteiger partial charge in [0, 0.05) is 17.5 Å². The lowest BCUT2D eigenvalue weighted by Crippen LogP contribution is -2.67. The first-order valence-electron chi connectivity index (χ1n) is 12.0. The molecule has 1 saturated heterocycles. The van der Waals surface area contributed by atoms with Crippen LogP contribution < -0.4 is 5.73 Å². The van der Waals surface area contributed by atoms with Gasteiger partial charge < -0.3 is 26.2 Å². The number of aliphatic hydroxyl groups is 3. The van der Waals surface area contributed by atoms with Crippen LogP contribution in [-0.4, -0.2) is 87.5 Å². The van der Waals surface area contributed by atoms with Gasteiger partial charge in [-0.05, 0) is 50.3 Å². The normalized spacial score (nSPS) is 31.7. The van der Waals surface area contributed by atoms with E-state index in [0.717, 1.165) is 0 Å². The van der Waals surface area contributed by atoms with Crippen LogP contribution in [0, 0.1) is 11.8 Å². The maximum Gasteiger partial charge on any atom is 0.255 e. The third-order valence-corrected chi connectivity index (χ3v) is 10.2. The summed E-state index contributed by atoms with van der Waals surface area (Å²) in [5.74, 6) is -7.24. The Morgan fingerprint density at radius 1 is 1.14 bits per heavy atom. The van der Waals surface area contributed by atoms with E-state index in [2.05, 4.69) is 0 Å². The highest BCUT2D eigenvalue weighted by molar-refractivity contribution is 7.91. The van der Waals surface area contributed by atoms with Crippen LogP contribution in [0.15, 0.2) is 35.1 Å². The van der Waals surface area contributed by atoms with E-state index in [4.69, 9.17) is 5.73 Å². The molecule has 2 fully saturated rings. The molecule has 1 amide bonds. The van der Waals surface area contributed by atoms with Gasteiger partial charge in [-0.15, -0.1) is 0 Å². The smallest absolute Gasteiger partial charge is 0.255 e. The maximum absolute atomic E-state index is 13.9. The van der Waals surface area contributed by atoms with E-state index >= 15 is 0 Å². The number of primary amides is 1. The van der Waals surface area contributed by atoms with Crippen LogP contribution in [0.5, 0.6) is 5.75 Å². The van der Waals surface area contributed by atoms with E-state index in [1.165, 1.54) is 6.07 Å². The number of nitrogens with two attached hydrogens (primary N) is 1. The lowest BCUT2D eigenvalue weighted by atomic mass is 9.57. The molecular formula is C25H28N2O9S. The van der Waals surface area contributed by atoms with Crippen LogP contribution in [0.2, 0.25) is 0 Å². The van der Waals surface area contributed by atoms with E-state index in [1.807, 2.05) is 0 Å². The van der Waals surface area contributed by atoms with E-state index in [0.29, 0.717) is 5.56 Å². The minimum absolute atomic E-state index is 0.0153. The predicted molar refractivity (Wildman–Crippen MR) is 130 cm³/mol. The molecule has 0 aromatic heterocycles. The number of aromatic hydroxyl groups is 1. The fourth-order valence-corrected chi connectivity index (χ4v) is 8.03. The number of aliphatic hydroxyl groups excluding tert-OH is 2. The van der Waals surface area contributed by atoms with Crippen LogP contribution in [0.3, 0.4) is 0 Å². The standard InChI is InChI=1S/C25H28N2O9S/c1-27(13-5-7-37(35,36)8-6-13)19-14-10-12-9-11-3-2-4-15(28)16(11)20(29)17(12)22(31)25(14,34)23(32)18(21(19)30)24(26)33/h2-4,12-14,19,28-29,32,34H,5-10H2,1H3,(H2,26,33). The lowest BCUT2D eigenvalue weighted by Gasteiger charge is -2.52. The zero-order valence-electron chi connectivity index (χ0n) is 20.0. The minimum atomic E-state index is -3.22. The Labute approximate surface area is 212 Å². The molecule has 1 heterocycles. The predicted octanol–water partition coefficient (Wildman–Crippen LogP) is -0.0886. The molecule has 1 saturated carbocycles. The monoisotopic (exact) mass is 532 g/mol. The first kappa shape index (κ1) is 25.4. The summed E-state index contributed by atoms with van der Waals surface area (Å²) in [5.41, 5.74) is 2.18. The Morgan fingerprint density at radius 2 is 1.78 bits per heavy atom. The third kappa shape index (κ3) is 3.61. The number of phenols is 1. The van der Waals surface area contributed by atoms with Crippen molar-refractivity contribution in [1.29, 1.82) is 0 Å². The van der Waals surface area contributed by atoms with Crippen LogP contribution in [0.1, 0.15) is 30.4 Å². The van der Waals surface area contributed by atoms with Crippen molar-refractivity contribution in [3.05, 3.63) is 46.2 Å². The van der Waals surface area contributed by atoms with Crippen LogP contribution >= 0.6 is 0 Å². The highest BCUT2D eigenvalue weighted by Crippen LogP contribution is 2.52. The summed E-state index contributed by atoms with van der Waals surface area (Å²) in [6.07, 6.45) is 0.635. The molecule has 4 aliphatic rings. The summed E-state index contributed by atoms with van der Waals surface area (Å²) in [7, 11) is -1.65. The molecule has 1 aromatic rings. The van der Waals surface area contributed by atoms with Gasteiger partial charge in [-0.1, -0.05) is 12.1 Å². The van der Waals surface area contributed by atoms with Crippen molar-refractivity contribution in [3.63, 3.8) is 0 Å². The number of ketones is 2. The molecule has 3 aliphatic carbocycles. The number of hydrogen-bond donors (Lipinski definition) is 5. The minimum Gasteiger partial charge on any atom is -0.508 e. The van der Waals surface area contributed by atoms with Gasteiger partial charge in [-0.25, -0.2) is 8.42 Å². The largest absolute Gasteiger partial charge is 0.508 e. The summed E-state index contributed by atoms with van der Waals surface area (Å²) in [5, 5.41) is 44.1. The number of phenolic OH excluding ortho intramolecular Hbond substituents is 1. The molecule has 198 valence electrons. The number of carbonyl (C=O) groups is 3. The number of Topliss-reactive ketones (excluding diaryl/α,β-unsaturated/α-hetero) is 2. The van der Waals surface area contributed by atoms with Crippen molar-refractivity contribution in [2.45, 2.75) is 43.4 Å². The molecule has 12 heteroatoms. The molecule has 37 heavy (non-hydrogen) atoms. The second-order valence-corrected chi connectivity index (χ2v) is 12.7. The number of rotatable bonds is 3. The Balaban J connectivity index is 1.65. The van der Waals surface area contributed by atoms with Crippen LogP contribution in [0.4, 0.5) is 0 Å². The molecule has 5 rings (SSSR count). The molecule has 1 aromatic carbocycles. The fourth-order valence-electron chi connectivity index (χ4n) is 6.57. The SMILES string of the molecule is CN(C1CCS(=O)(=O)CC1)C1C(=O)C(C(N)=O)=C(O)C2(O)C(=O)C3=C(O)c4c(O)cccc4CC3CC12. The summed E-state index contributed by atoms with van der Waals surface area (Å²) >= 11 is 0. The van der Waals surface area contributed by atoms with Gasteiger partial charge in [0.2, 0.25) is 5.78 Å². The van der Waals surface area contributed by atoms with E-state index < -0.39 is 73.9 Å². The number of amides is 1. The number of fused-ring (bicyclic) bond motifs is 3. The molecule has 0 radical (unpaired) electrons. The highest BCUT2D eigenvalue weighted by Gasteiger charge is 2.64. The summed E-state index contributed by atoms with van der Waals surface area (Å²) in [6, 6.07) is 2.97. The van der Waals surface area contributed by atoms with Crippen molar-refractivity contribution in [2.75, 3.05) is 18.6 Å². The Bertz CT molecular complexity index is 1400. The van der Waals surface area contributed by atoms with Crippen molar-refractivity contribution < 1.29 is 43.2 Å². The van der Waals surface area contributed by atoms with Gasteiger partial charge in [-0.3, -0.25) is 19.3 Å². The molecule has 4 unspecified atom stereocenters. The van der Waals surface area contributed by atoms with Crippen molar-refractivity contribution in [2.24, 2.45) is 17.6 Å². The zero-order chi connectivity index (χ0) is 27.0. The van der Waals surface area contributed by atoms with E-state index in [9.17, 15) is 43.2 Å². The molecule has 0 bridgehead atoms. The van der Waals surface area contributed by atoms with Crippen molar-refractivity contribution >= 4 is 33.1 Å². The summed E-state index contributed by atoms with van der Waals surface area (Å²) in [6.45, 7) is 0. The van der Waals surface area contributed by atoms with Gasteiger partial charge in [0.05, 0.1) is 23.1 Å². The van der Waals surface area contributed by atoms with Crippen molar-refractivity contribution in [3.8, 4) is 5.75 Å². The van der Waals surface area contributed by atoms with Gasteiger partial charge in [0.25, 0.3) is 5.91 Å². The Hall–Kier alpha value is -3.22. The number of likely N-dealkylation sites (N-methyl/N-ethyl adjacent to an activating group) is 1. The number of carbonyl (C=O) groups excluding carboxylic acids is 3. The molecule has 1 aliphatic heterocycles. The van der Waals surface area contributed by atoms with E-state index in [-0.39, 0.29) is 54.1 Å². The number of hydrogen-bond acceptors (Lipinski definition) is 10. The topological polar surface area (TPSA) is 196 Å². The van der Waals surface area contributed by atoms with Crippen molar-refractivity contribution in [1.82, 2.24) is 4.90 Å². The number of benzene rings is 1. The molecule has 4 atom stereocenters. The zero-order valence-corrected chi connectivity index (χ0v) is 20.9. The average Bonchev–Trinajstić information content (AvgIpc) is 2.81. The molecule has 0 spiro atoms. The summed E-state index contributed by atoms with van der Waals surface area (Å²) < 4.78 is 23.9. The Morgan fingerprint density at radius 3 is 2.41 bits per heavy atom. The second-order valence-electron chi connectivity index (χ2n) is 10.4. The Kier molecular flexibility index (Phi) is 5.77. The first-order chi connectivity index (χ1) is 17.3. The quantitative estimate of drug-likeness (QED) is 0.328. The lowest BCUT2D eigenvalue weighted by molar-refractivity contribution is -0.155. The van der Waals surface area contributed by atoms with Crippen LogP contribution in [-0.2, 0) is 30.6 Å². The third-order valence-electron chi connectivity index (χ3n) is 8.44. The summed E-state index contributed by atoms with van der Waals surface area (Å²) in [4.78, 5) is 41.2. The molecular weight excluding hydrogens is 504 g/mol. The maximum atomic E-state index is 13.9. The fraction of sp³-hybridized carbons (Fsp3) is 0.480. The van der Waals surface area contributed by atoms with Gasteiger partial charge in [-0.2, -0.15) is 0 Å². The first-order valence-corrected chi connectivity index (χ1v) is 13.8.